The molecule has 1 aliphatic heterocycles. The summed E-state index contributed by atoms with van der Waals surface area (Å²) in [7, 11) is 0. The fraction of sp³-hybridized carbons (Fsp3) is 0.545. The Morgan fingerprint density at radius 3 is 3.06 bits per heavy atom. The molecule has 1 aliphatic rings. The van der Waals surface area contributed by atoms with E-state index in [-0.39, 0.29) is 18.2 Å². The first-order chi connectivity index (χ1) is 7.86. The van der Waals surface area contributed by atoms with Gasteiger partial charge in [0, 0.05) is 25.0 Å². The molecule has 1 aromatic heterocycles. The molecular formula is C11H17ClN4O. The summed E-state index contributed by atoms with van der Waals surface area (Å²) in [5.41, 5.74) is 0.429. The molecule has 0 amide bonds. The van der Waals surface area contributed by atoms with E-state index in [9.17, 15) is 4.79 Å². The molecule has 2 N–H and O–H groups in total. The summed E-state index contributed by atoms with van der Waals surface area (Å²) in [5, 5.41) is 6.54. The smallest absolute Gasteiger partial charge is 0.196 e. The molecule has 17 heavy (non-hydrogen) atoms. The number of halogens is 1. The molecule has 2 heterocycles. The number of carbonyl (C=O) groups excluding carboxylic acids is 1. The van der Waals surface area contributed by atoms with Gasteiger partial charge in [-0.3, -0.25) is 9.78 Å². The topological polar surface area (TPSA) is 66.9 Å². The van der Waals surface area contributed by atoms with Crippen LogP contribution in [0.25, 0.3) is 0 Å². The summed E-state index contributed by atoms with van der Waals surface area (Å²) in [6.07, 6.45) is 6.89. The van der Waals surface area contributed by atoms with Crippen LogP contribution in [0.4, 0.5) is 0 Å². The van der Waals surface area contributed by atoms with E-state index < -0.39 is 0 Å². The van der Waals surface area contributed by atoms with Gasteiger partial charge in [0.05, 0.1) is 12.7 Å². The first-order valence-corrected chi connectivity index (χ1v) is 5.59. The lowest BCUT2D eigenvalue weighted by molar-refractivity contribution is 0.0980. The van der Waals surface area contributed by atoms with Crippen LogP contribution >= 0.6 is 12.4 Å². The summed E-state index contributed by atoms with van der Waals surface area (Å²) in [5.74, 6) is -0.00123. The monoisotopic (exact) mass is 256 g/mol. The second-order valence-corrected chi connectivity index (χ2v) is 3.94. The Labute approximate surface area is 107 Å². The molecule has 0 aliphatic carbocycles. The minimum Gasteiger partial charge on any atom is -0.315 e. The first kappa shape index (κ1) is 14.0. The Kier molecular flexibility index (Phi) is 6.04. The molecule has 5 nitrogen and oxygen atoms in total. The number of hydrogen-bond donors (Lipinski definition) is 2. The van der Waals surface area contributed by atoms with E-state index in [0.29, 0.717) is 18.3 Å². The molecule has 1 unspecified atom stereocenters. The van der Waals surface area contributed by atoms with Crippen LogP contribution in [-0.2, 0) is 0 Å². The molecule has 0 aromatic carbocycles. The molecule has 0 spiro atoms. The molecule has 1 aromatic rings. The third-order valence-corrected chi connectivity index (χ3v) is 2.70. The van der Waals surface area contributed by atoms with E-state index in [2.05, 4.69) is 20.6 Å². The van der Waals surface area contributed by atoms with Gasteiger partial charge in [-0.25, -0.2) is 4.98 Å². The van der Waals surface area contributed by atoms with Crippen molar-refractivity contribution in [2.24, 2.45) is 0 Å². The fourth-order valence-corrected chi connectivity index (χ4v) is 1.80. The average molecular weight is 257 g/mol. The normalized spacial score (nSPS) is 19.4. The van der Waals surface area contributed by atoms with Crippen molar-refractivity contribution < 1.29 is 4.79 Å². The number of rotatable bonds is 4. The Balaban J connectivity index is 0.00000144. The van der Waals surface area contributed by atoms with Crippen molar-refractivity contribution in [2.45, 2.75) is 18.9 Å². The number of carbonyl (C=O) groups is 1. The van der Waals surface area contributed by atoms with Gasteiger partial charge in [0.15, 0.2) is 5.78 Å². The number of ketones is 1. The predicted octanol–water partition coefficient (Wildman–Crippen LogP) is 0.423. The molecule has 1 atom stereocenters. The van der Waals surface area contributed by atoms with E-state index in [4.69, 9.17) is 0 Å². The molecule has 6 heteroatoms. The van der Waals surface area contributed by atoms with Gasteiger partial charge >= 0.3 is 0 Å². The minimum atomic E-state index is -0.00123. The largest absolute Gasteiger partial charge is 0.315 e. The van der Waals surface area contributed by atoms with E-state index in [1.54, 1.807) is 6.20 Å². The van der Waals surface area contributed by atoms with Gasteiger partial charge in [0.1, 0.15) is 5.69 Å². The highest BCUT2D eigenvalue weighted by molar-refractivity contribution is 5.95. The number of aromatic nitrogens is 2. The number of Topliss-reactive ketones (excluding diaryl/α,β-unsaturated/α-hetero) is 1. The molecule has 1 fully saturated rings. The summed E-state index contributed by atoms with van der Waals surface area (Å²) >= 11 is 0. The summed E-state index contributed by atoms with van der Waals surface area (Å²) in [6, 6.07) is 0.398. The van der Waals surface area contributed by atoms with Crippen molar-refractivity contribution in [1.82, 2.24) is 20.6 Å². The van der Waals surface area contributed by atoms with E-state index >= 15 is 0 Å². The average Bonchev–Trinajstić information content (AvgIpc) is 2.38. The highest BCUT2D eigenvalue weighted by atomic mass is 35.5. The third kappa shape index (κ3) is 4.38. The number of piperidine rings is 1. The number of nitrogens with zero attached hydrogens (tertiary/aromatic N) is 2. The zero-order valence-corrected chi connectivity index (χ0v) is 10.4. The molecule has 1 saturated heterocycles. The Hall–Kier alpha value is -1.04. The van der Waals surface area contributed by atoms with Gasteiger partial charge in [-0.15, -0.1) is 12.4 Å². The van der Waals surface area contributed by atoms with Crippen molar-refractivity contribution >= 4 is 18.2 Å². The molecular weight excluding hydrogens is 240 g/mol. The molecule has 0 bridgehead atoms. The van der Waals surface area contributed by atoms with Crippen molar-refractivity contribution in [3.8, 4) is 0 Å². The molecule has 2 rings (SSSR count). The van der Waals surface area contributed by atoms with E-state index in [1.807, 2.05) is 0 Å². The second-order valence-electron chi connectivity index (χ2n) is 3.94. The SMILES string of the molecule is Cl.O=C(CNC1CCCNC1)c1cnccn1. The van der Waals surface area contributed by atoms with Gasteiger partial charge in [0.25, 0.3) is 0 Å². The first-order valence-electron chi connectivity index (χ1n) is 5.59. The second kappa shape index (κ2) is 7.32. The van der Waals surface area contributed by atoms with Crippen molar-refractivity contribution in [3.05, 3.63) is 24.3 Å². The summed E-state index contributed by atoms with van der Waals surface area (Å²) in [6.45, 7) is 2.36. The molecule has 94 valence electrons. The van der Waals surface area contributed by atoms with Crippen molar-refractivity contribution in [3.63, 3.8) is 0 Å². The van der Waals surface area contributed by atoms with Crippen LogP contribution in [0, 0.1) is 0 Å². The maximum atomic E-state index is 11.7. The van der Waals surface area contributed by atoms with Crippen LogP contribution in [-0.4, -0.2) is 41.4 Å². The fourth-order valence-electron chi connectivity index (χ4n) is 1.80. The van der Waals surface area contributed by atoms with Gasteiger partial charge < -0.3 is 10.6 Å². The van der Waals surface area contributed by atoms with Crippen LogP contribution in [0.5, 0.6) is 0 Å². The van der Waals surface area contributed by atoms with Crippen molar-refractivity contribution in [1.29, 1.82) is 0 Å². The highest BCUT2D eigenvalue weighted by Crippen LogP contribution is 2.01. The quantitative estimate of drug-likeness (QED) is 0.765. The predicted molar refractivity (Wildman–Crippen MR) is 67.5 cm³/mol. The molecule has 0 saturated carbocycles. The van der Waals surface area contributed by atoms with Gasteiger partial charge in [-0.05, 0) is 19.4 Å². The molecule has 0 radical (unpaired) electrons. The zero-order chi connectivity index (χ0) is 11.2. The highest BCUT2D eigenvalue weighted by Gasteiger charge is 2.14. The van der Waals surface area contributed by atoms with Crippen LogP contribution in [0.3, 0.4) is 0 Å². The van der Waals surface area contributed by atoms with Gasteiger partial charge in [-0.1, -0.05) is 0 Å². The van der Waals surface area contributed by atoms with Crippen LogP contribution < -0.4 is 10.6 Å². The van der Waals surface area contributed by atoms with Crippen LogP contribution in [0.1, 0.15) is 23.3 Å². The lowest BCUT2D eigenvalue weighted by atomic mass is 10.1. The lowest BCUT2D eigenvalue weighted by Crippen LogP contribution is -2.44. The third-order valence-electron chi connectivity index (χ3n) is 2.70. The zero-order valence-electron chi connectivity index (χ0n) is 9.56. The maximum Gasteiger partial charge on any atom is 0.196 e. The Morgan fingerprint density at radius 1 is 1.53 bits per heavy atom. The van der Waals surface area contributed by atoms with Crippen LogP contribution in [0.15, 0.2) is 18.6 Å². The minimum absolute atomic E-state index is 0. The summed E-state index contributed by atoms with van der Waals surface area (Å²) in [4.78, 5) is 19.6. The maximum absolute atomic E-state index is 11.7. The summed E-state index contributed by atoms with van der Waals surface area (Å²) < 4.78 is 0. The van der Waals surface area contributed by atoms with E-state index in [1.165, 1.54) is 12.4 Å². The standard InChI is InChI=1S/C11H16N4O.ClH/c16-11(10-7-13-4-5-14-10)8-15-9-2-1-3-12-6-9;/h4-5,7,9,12,15H,1-3,6,8H2;1H. The Morgan fingerprint density at radius 2 is 2.41 bits per heavy atom. The van der Waals surface area contributed by atoms with E-state index in [0.717, 1.165) is 25.9 Å². The lowest BCUT2D eigenvalue weighted by Gasteiger charge is -2.23. The van der Waals surface area contributed by atoms with Crippen LogP contribution in [0.2, 0.25) is 0 Å². The number of nitrogens with one attached hydrogen (secondary N) is 2. The van der Waals surface area contributed by atoms with Gasteiger partial charge in [-0.2, -0.15) is 0 Å². The van der Waals surface area contributed by atoms with Gasteiger partial charge in [0.2, 0.25) is 0 Å². The number of hydrogen-bond acceptors (Lipinski definition) is 5. The Bertz CT molecular complexity index is 341. The van der Waals surface area contributed by atoms with Crippen molar-refractivity contribution in [2.75, 3.05) is 19.6 Å².